The van der Waals surface area contributed by atoms with E-state index >= 15 is 0 Å². The van der Waals surface area contributed by atoms with Gasteiger partial charge in [-0.05, 0) is 61.1 Å². The van der Waals surface area contributed by atoms with Crippen molar-refractivity contribution in [1.29, 1.82) is 0 Å². The molecule has 0 aliphatic rings. The molecule has 0 fully saturated rings. The minimum atomic E-state index is -0.313. The Kier molecular flexibility index (Phi) is 8.73. The molecule has 0 amide bonds. The summed E-state index contributed by atoms with van der Waals surface area (Å²) in [5, 5.41) is 0. The third-order valence-corrected chi connectivity index (χ3v) is 4.27. The van der Waals surface area contributed by atoms with Crippen LogP contribution in [-0.4, -0.2) is 25.2 Å². The van der Waals surface area contributed by atoms with Crippen LogP contribution in [0.25, 0.3) is 12.2 Å². The predicted octanol–water partition coefficient (Wildman–Crippen LogP) is 5.55. The lowest BCUT2D eigenvalue weighted by Gasteiger charge is -2.06. The maximum absolute atomic E-state index is 11.9. The molecular formula is C24H26O4. The fourth-order valence-electron chi connectivity index (χ4n) is 2.56. The topological polar surface area (TPSA) is 52.6 Å². The van der Waals surface area contributed by atoms with E-state index < -0.39 is 0 Å². The first kappa shape index (κ1) is 21.2. The molecule has 0 heterocycles. The van der Waals surface area contributed by atoms with E-state index in [1.165, 1.54) is 0 Å². The Morgan fingerprint density at radius 1 is 0.643 bits per heavy atom. The molecule has 2 rings (SSSR count). The lowest BCUT2D eigenvalue weighted by Crippen LogP contribution is -2.07. The number of esters is 2. The number of ether oxygens (including phenoxy) is 2. The quantitative estimate of drug-likeness (QED) is 0.380. The predicted molar refractivity (Wildman–Crippen MR) is 112 cm³/mol. The van der Waals surface area contributed by atoms with Gasteiger partial charge in [-0.1, -0.05) is 49.6 Å². The van der Waals surface area contributed by atoms with Gasteiger partial charge in [-0.2, -0.15) is 0 Å². The van der Waals surface area contributed by atoms with Gasteiger partial charge in [0.1, 0.15) is 0 Å². The van der Waals surface area contributed by atoms with E-state index in [9.17, 15) is 9.59 Å². The summed E-state index contributed by atoms with van der Waals surface area (Å²) >= 11 is 0. The summed E-state index contributed by atoms with van der Waals surface area (Å²) < 4.78 is 10.5. The van der Waals surface area contributed by atoms with E-state index in [2.05, 4.69) is 13.2 Å². The number of hydrogen-bond acceptors (Lipinski definition) is 4. The minimum absolute atomic E-state index is 0.313. The first-order chi connectivity index (χ1) is 13.6. The second-order valence-electron chi connectivity index (χ2n) is 6.34. The van der Waals surface area contributed by atoms with E-state index in [0.29, 0.717) is 24.3 Å². The maximum Gasteiger partial charge on any atom is 0.338 e. The first-order valence-electron chi connectivity index (χ1n) is 9.43. The van der Waals surface area contributed by atoms with Gasteiger partial charge in [0.05, 0.1) is 24.3 Å². The largest absolute Gasteiger partial charge is 0.462 e. The van der Waals surface area contributed by atoms with Crippen LogP contribution in [0, 0.1) is 0 Å². The van der Waals surface area contributed by atoms with Gasteiger partial charge < -0.3 is 9.47 Å². The summed E-state index contributed by atoms with van der Waals surface area (Å²) in [7, 11) is 0. The lowest BCUT2D eigenvalue weighted by molar-refractivity contribution is 0.0473. The molecule has 0 aliphatic heterocycles. The van der Waals surface area contributed by atoms with Crippen LogP contribution >= 0.6 is 0 Å². The van der Waals surface area contributed by atoms with Crippen LogP contribution in [0.2, 0.25) is 0 Å². The highest BCUT2D eigenvalue weighted by molar-refractivity contribution is 5.90. The average molecular weight is 378 g/mol. The van der Waals surface area contributed by atoms with Crippen molar-refractivity contribution in [2.75, 3.05) is 13.2 Å². The van der Waals surface area contributed by atoms with Gasteiger partial charge in [0.15, 0.2) is 0 Å². The summed E-state index contributed by atoms with van der Waals surface area (Å²) in [6.45, 7) is 8.13. The number of carbonyl (C=O) groups excluding carboxylic acids is 2. The molecule has 0 aliphatic carbocycles. The highest BCUT2D eigenvalue weighted by Crippen LogP contribution is 2.09. The van der Waals surface area contributed by atoms with Crippen LogP contribution in [0.4, 0.5) is 0 Å². The van der Waals surface area contributed by atoms with E-state index in [4.69, 9.17) is 9.47 Å². The van der Waals surface area contributed by atoms with E-state index in [1.54, 1.807) is 36.4 Å². The van der Waals surface area contributed by atoms with Gasteiger partial charge in [0.2, 0.25) is 0 Å². The standard InChI is InChI=1S/C24H26O4/c1-3-19-9-13-21(14-10-19)23(25)27-17-7-5-6-8-18-28-24(26)22-15-11-20(4-2)12-16-22/h3-4,9-16H,1-2,5-8,17-18H2. The third-order valence-electron chi connectivity index (χ3n) is 4.27. The maximum atomic E-state index is 11.9. The van der Waals surface area contributed by atoms with Gasteiger partial charge in [0.25, 0.3) is 0 Å². The van der Waals surface area contributed by atoms with Crippen molar-refractivity contribution in [2.24, 2.45) is 0 Å². The smallest absolute Gasteiger partial charge is 0.338 e. The molecule has 0 aromatic heterocycles. The third kappa shape index (κ3) is 6.88. The number of hydrogen-bond donors (Lipinski definition) is 0. The molecular weight excluding hydrogens is 352 g/mol. The van der Waals surface area contributed by atoms with Crippen LogP contribution in [0.5, 0.6) is 0 Å². The zero-order valence-electron chi connectivity index (χ0n) is 16.1. The number of benzene rings is 2. The Hall–Kier alpha value is -3.14. The fraction of sp³-hybridized carbons (Fsp3) is 0.250. The molecule has 0 bridgehead atoms. The first-order valence-corrected chi connectivity index (χ1v) is 9.43. The van der Waals surface area contributed by atoms with Crippen LogP contribution in [0.15, 0.2) is 61.7 Å². The molecule has 2 aromatic carbocycles. The number of carbonyl (C=O) groups is 2. The lowest BCUT2D eigenvalue weighted by atomic mass is 10.1. The second kappa shape index (κ2) is 11.5. The van der Waals surface area contributed by atoms with Gasteiger partial charge in [-0.15, -0.1) is 0 Å². The molecule has 28 heavy (non-hydrogen) atoms. The van der Waals surface area contributed by atoms with Crippen LogP contribution in [0.3, 0.4) is 0 Å². The number of rotatable bonds is 11. The molecule has 0 spiro atoms. The second-order valence-corrected chi connectivity index (χ2v) is 6.34. The molecule has 4 nitrogen and oxygen atoms in total. The summed E-state index contributed by atoms with van der Waals surface area (Å²) in [5.74, 6) is -0.626. The highest BCUT2D eigenvalue weighted by Gasteiger charge is 2.07. The minimum Gasteiger partial charge on any atom is -0.462 e. The van der Waals surface area contributed by atoms with Gasteiger partial charge >= 0.3 is 11.9 Å². The van der Waals surface area contributed by atoms with Crippen LogP contribution < -0.4 is 0 Å². The molecule has 0 radical (unpaired) electrons. The molecule has 0 saturated heterocycles. The van der Waals surface area contributed by atoms with E-state index in [0.717, 1.165) is 36.8 Å². The Labute approximate surface area is 166 Å². The molecule has 0 unspecified atom stereocenters. The van der Waals surface area contributed by atoms with E-state index in [-0.39, 0.29) is 11.9 Å². The molecule has 2 aromatic rings. The van der Waals surface area contributed by atoms with Crippen LogP contribution in [-0.2, 0) is 9.47 Å². The monoisotopic (exact) mass is 378 g/mol. The normalized spacial score (nSPS) is 10.1. The van der Waals surface area contributed by atoms with Crippen molar-refractivity contribution >= 4 is 24.1 Å². The average Bonchev–Trinajstić information content (AvgIpc) is 2.75. The fourth-order valence-corrected chi connectivity index (χ4v) is 2.56. The van der Waals surface area contributed by atoms with Crippen molar-refractivity contribution < 1.29 is 19.1 Å². The zero-order chi connectivity index (χ0) is 20.2. The Morgan fingerprint density at radius 3 is 1.32 bits per heavy atom. The molecule has 0 saturated carbocycles. The summed E-state index contributed by atoms with van der Waals surface area (Å²) in [5.41, 5.74) is 3.01. The SMILES string of the molecule is C=Cc1ccc(C(=O)OCCCCCCOC(=O)c2ccc(C=C)cc2)cc1. The molecule has 146 valence electrons. The molecule has 4 heteroatoms. The van der Waals surface area contributed by atoms with Crippen LogP contribution in [0.1, 0.15) is 57.5 Å². The van der Waals surface area contributed by atoms with Gasteiger partial charge in [0, 0.05) is 0 Å². The van der Waals surface area contributed by atoms with Crippen molar-refractivity contribution in [1.82, 2.24) is 0 Å². The van der Waals surface area contributed by atoms with Crippen molar-refractivity contribution in [3.05, 3.63) is 83.9 Å². The van der Waals surface area contributed by atoms with E-state index in [1.807, 2.05) is 24.3 Å². The van der Waals surface area contributed by atoms with Crippen molar-refractivity contribution in [3.63, 3.8) is 0 Å². The molecule has 0 N–H and O–H groups in total. The highest BCUT2D eigenvalue weighted by atomic mass is 16.5. The van der Waals surface area contributed by atoms with Gasteiger partial charge in [-0.25, -0.2) is 9.59 Å². The van der Waals surface area contributed by atoms with Gasteiger partial charge in [-0.3, -0.25) is 0 Å². The molecule has 0 atom stereocenters. The summed E-state index contributed by atoms with van der Waals surface area (Å²) in [6.07, 6.45) is 6.85. The summed E-state index contributed by atoms with van der Waals surface area (Å²) in [6, 6.07) is 14.3. The Bertz CT molecular complexity index is 719. The van der Waals surface area contributed by atoms with Crippen molar-refractivity contribution in [3.8, 4) is 0 Å². The summed E-state index contributed by atoms with van der Waals surface area (Å²) in [4.78, 5) is 23.8. The van der Waals surface area contributed by atoms with Crippen molar-refractivity contribution in [2.45, 2.75) is 25.7 Å². The Morgan fingerprint density at radius 2 is 1.00 bits per heavy atom. The number of unbranched alkanes of at least 4 members (excludes halogenated alkanes) is 3. The Balaban J connectivity index is 1.54. The zero-order valence-corrected chi connectivity index (χ0v) is 16.1.